The van der Waals surface area contributed by atoms with E-state index in [9.17, 15) is 4.79 Å². The SMILES string of the molecule is CCOC1CC(N(C)Cc2ccc(C(=O)N(C)C)[nH]2)C12CCCCC2. The van der Waals surface area contributed by atoms with Gasteiger partial charge in [0.15, 0.2) is 0 Å². The van der Waals surface area contributed by atoms with E-state index in [1.165, 1.54) is 32.1 Å². The third-order valence-corrected chi connectivity index (χ3v) is 6.23. The lowest BCUT2D eigenvalue weighted by atomic mass is 9.54. The molecular formula is C20H33N3O2. The Morgan fingerprint density at radius 1 is 1.24 bits per heavy atom. The maximum Gasteiger partial charge on any atom is 0.269 e. The van der Waals surface area contributed by atoms with Crippen LogP contribution in [0.2, 0.25) is 0 Å². The molecule has 1 amide bonds. The van der Waals surface area contributed by atoms with Crippen LogP contribution in [0.25, 0.3) is 0 Å². The van der Waals surface area contributed by atoms with Crippen LogP contribution < -0.4 is 0 Å². The Bertz CT molecular complexity index is 590. The number of ether oxygens (including phenoxy) is 1. The molecule has 0 aromatic carbocycles. The highest BCUT2D eigenvalue weighted by Crippen LogP contribution is 2.55. The van der Waals surface area contributed by atoms with E-state index < -0.39 is 0 Å². The maximum absolute atomic E-state index is 12.1. The van der Waals surface area contributed by atoms with E-state index in [1.807, 2.05) is 12.1 Å². The molecule has 0 radical (unpaired) electrons. The molecule has 3 rings (SSSR count). The molecule has 25 heavy (non-hydrogen) atoms. The van der Waals surface area contributed by atoms with Crippen molar-refractivity contribution in [3.05, 3.63) is 23.5 Å². The Labute approximate surface area is 151 Å². The minimum atomic E-state index is 0.0257. The van der Waals surface area contributed by atoms with E-state index in [2.05, 4.69) is 23.9 Å². The zero-order valence-electron chi connectivity index (χ0n) is 16.2. The van der Waals surface area contributed by atoms with Crippen molar-refractivity contribution in [1.29, 1.82) is 0 Å². The highest BCUT2D eigenvalue weighted by Gasteiger charge is 2.56. The van der Waals surface area contributed by atoms with Crippen molar-refractivity contribution in [2.24, 2.45) is 5.41 Å². The molecule has 5 heteroatoms. The average Bonchev–Trinajstić information content (AvgIpc) is 3.06. The first-order valence-corrected chi connectivity index (χ1v) is 9.69. The van der Waals surface area contributed by atoms with E-state index in [1.54, 1.807) is 19.0 Å². The van der Waals surface area contributed by atoms with E-state index in [4.69, 9.17) is 4.74 Å². The number of H-pyrrole nitrogens is 1. The van der Waals surface area contributed by atoms with Crippen LogP contribution in [0.3, 0.4) is 0 Å². The number of carbonyl (C=O) groups is 1. The normalized spacial score (nSPS) is 25.2. The summed E-state index contributed by atoms with van der Waals surface area (Å²) in [5, 5.41) is 0. The van der Waals surface area contributed by atoms with Crippen LogP contribution in [0.5, 0.6) is 0 Å². The highest BCUT2D eigenvalue weighted by molar-refractivity contribution is 5.92. The third kappa shape index (κ3) is 3.49. The van der Waals surface area contributed by atoms with Crippen molar-refractivity contribution in [2.75, 3.05) is 27.7 Å². The number of nitrogens with zero attached hydrogens (tertiary/aromatic N) is 2. The van der Waals surface area contributed by atoms with Crippen molar-refractivity contribution in [3.8, 4) is 0 Å². The molecule has 5 nitrogen and oxygen atoms in total. The predicted molar refractivity (Wildman–Crippen MR) is 99.6 cm³/mol. The van der Waals surface area contributed by atoms with Crippen molar-refractivity contribution < 1.29 is 9.53 Å². The van der Waals surface area contributed by atoms with Crippen LogP contribution in [0.4, 0.5) is 0 Å². The molecule has 2 fully saturated rings. The Balaban J connectivity index is 1.66. The number of hydrogen-bond donors (Lipinski definition) is 1. The number of hydrogen-bond acceptors (Lipinski definition) is 3. The summed E-state index contributed by atoms with van der Waals surface area (Å²) in [7, 11) is 5.78. The van der Waals surface area contributed by atoms with Crippen LogP contribution in [0, 0.1) is 5.41 Å². The zero-order chi connectivity index (χ0) is 18.0. The summed E-state index contributed by atoms with van der Waals surface area (Å²) in [6, 6.07) is 4.52. The Hall–Kier alpha value is -1.33. The van der Waals surface area contributed by atoms with Gasteiger partial charge in [-0.25, -0.2) is 0 Å². The predicted octanol–water partition coefficient (Wildman–Crippen LogP) is 3.28. The first-order chi connectivity index (χ1) is 12.0. The smallest absolute Gasteiger partial charge is 0.269 e. The number of aromatic nitrogens is 1. The number of carbonyl (C=O) groups excluding carboxylic acids is 1. The molecule has 1 spiro atoms. The molecule has 2 unspecified atom stereocenters. The molecule has 2 saturated carbocycles. The Kier molecular flexibility index (Phi) is 5.54. The average molecular weight is 348 g/mol. The topological polar surface area (TPSA) is 48.6 Å². The van der Waals surface area contributed by atoms with E-state index in [-0.39, 0.29) is 5.91 Å². The first kappa shape index (κ1) is 18.5. The molecule has 1 N–H and O–H groups in total. The second-order valence-corrected chi connectivity index (χ2v) is 8.00. The Morgan fingerprint density at radius 3 is 2.60 bits per heavy atom. The monoisotopic (exact) mass is 347 g/mol. The van der Waals surface area contributed by atoms with Crippen molar-refractivity contribution in [1.82, 2.24) is 14.8 Å². The number of aromatic amines is 1. The summed E-state index contributed by atoms with van der Waals surface area (Å²) in [5.41, 5.74) is 2.12. The van der Waals surface area contributed by atoms with E-state index >= 15 is 0 Å². The third-order valence-electron chi connectivity index (χ3n) is 6.23. The second-order valence-electron chi connectivity index (χ2n) is 8.00. The molecule has 1 aromatic heterocycles. The van der Waals surface area contributed by atoms with Gasteiger partial charge in [-0.15, -0.1) is 0 Å². The lowest BCUT2D eigenvalue weighted by molar-refractivity contribution is -0.180. The molecule has 2 aliphatic rings. The first-order valence-electron chi connectivity index (χ1n) is 9.69. The van der Waals surface area contributed by atoms with Gasteiger partial charge in [0.1, 0.15) is 5.69 Å². The summed E-state index contributed by atoms with van der Waals surface area (Å²) in [4.78, 5) is 19.4. The summed E-state index contributed by atoms with van der Waals surface area (Å²) >= 11 is 0. The van der Waals surface area contributed by atoms with Gasteiger partial charge in [-0.1, -0.05) is 19.3 Å². The van der Waals surface area contributed by atoms with Gasteiger partial charge >= 0.3 is 0 Å². The number of amides is 1. The summed E-state index contributed by atoms with van der Waals surface area (Å²) in [6.07, 6.45) is 8.18. The molecule has 0 saturated heterocycles. The van der Waals surface area contributed by atoms with Gasteiger partial charge in [-0.3, -0.25) is 9.69 Å². The summed E-state index contributed by atoms with van der Waals surface area (Å²) in [6.45, 7) is 3.78. The van der Waals surface area contributed by atoms with Crippen LogP contribution >= 0.6 is 0 Å². The minimum absolute atomic E-state index is 0.0257. The maximum atomic E-state index is 12.1. The fourth-order valence-corrected chi connectivity index (χ4v) is 4.92. The largest absolute Gasteiger partial charge is 0.378 e. The van der Waals surface area contributed by atoms with Crippen molar-refractivity contribution >= 4 is 5.91 Å². The molecule has 140 valence electrons. The standard InChI is InChI=1S/C20H33N3O2/c1-5-25-18-13-17(20(18)11-7-6-8-12-20)23(4)14-15-9-10-16(21-15)19(24)22(2)3/h9-10,17-18,21H,5-8,11-14H2,1-4H3. The van der Waals surface area contributed by atoms with Crippen LogP contribution in [0.15, 0.2) is 12.1 Å². The van der Waals surface area contributed by atoms with Gasteiger partial charge in [0.05, 0.1) is 6.10 Å². The highest BCUT2D eigenvalue weighted by atomic mass is 16.5. The van der Waals surface area contributed by atoms with Gasteiger partial charge in [0.2, 0.25) is 0 Å². The minimum Gasteiger partial charge on any atom is -0.378 e. The number of rotatable bonds is 6. The fourth-order valence-electron chi connectivity index (χ4n) is 4.92. The second kappa shape index (κ2) is 7.50. The van der Waals surface area contributed by atoms with Gasteiger partial charge in [0.25, 0.3) is 5.91 Å². The zero-order valence-corrected chi connectivity index (χ0v) is 16.2. The van der Waals surface area contributed by atoms with Crippen LogP contribution in [0.1, 0.15) is 61.6 Å². The lowest BCUT2D eigenvalue weighted by Gasteiger charge is -2.60. The van der Waals surface area contributed by atoms with E-state index in [0.29, 0.717) is 23.3 Å². The molecule has 2 aliphatic carbocycles. The van der Waals surface area contributed by atoms with Gasteiger partial charge in [0, 0.05) is 44.4 Å². The molecule has 1 heterocycles. The van der Waals surface area contributed by atoms with Crippen molar-refractivity contribution in [3.63, 3.8) is 0 Å². The molecule has 0 aliphatic heterocycles. The quantitative estimate of drug-likeness (QED) is 0.859. The summed E-state index contributed by atoms with van der Waals surface area (Å²) < 4.78 is 6.08. The van der Waals surface area contributed by atoms with Gasteiger partial charge < -0.3 is 14.6 Å². The molecule has 2 atom stereocenters. The van der Waals surface area contributed by atoms with Crippen LogP contribution in [-0.2, 0) is 11.3 Å². The summed E-state index contributed by atoms with van der Waals surface area (Å²) in [5.74, 6) is 0.0257. The number of nitrogens with one attached hydrogen (secondary N) is 1. The lowest BCUT2D eigenvalue weighted by Crippen LogP contribution is -2.64. The molecule has 0 bridgehead atoms. The van der Waals surface area contributed by atoms with E-state index in [0.717, 1.165) is 25.3 Å². The Morgan fingerprint density at radius 2 is 1.96 bits per heavy atom. The van der Waals surface area contributed by atoms with Gasteiger partial charge in [-0.2, -0.15) is 0 Å². The fraction of sp³-hybridized carbons (Fsp3) is 0.750. The van der Waals surface area contributed by atoms with Crippen LogP contribution in [-0.4, -0.2) is 60.6 Å². The van der Waals surface area contributed by atoms with Crippen molar-refractivity contribution in [2.45, 2.75) is 64.1 Å². The van der Waals surface area contributed by atoms with Gasteiger partial charge in [-0.05, 0) is 45.4 Å². The molecular weight excluding hydrogens is 314 g/mol. The molecule has 1 aromatic rings.